The summed E-state index contributed by atoms with van der Waals surface area (Å²) in [5.41, 5.74) is 0. The summed E-state index contributed by atoms with van der Waals surface area (Å²) >= 11 is -1.52. The Hall–Kier alpha value is 0.759. The van der Waals surface area contributed by atoms with Crippen LogP contribution in [0.15, 0.2) is 0 Å². The van der Waals surface area contributed by atoms with Crippen molar-refractivity contribution in [3.8, 4) is 0 Å². The van der Waals surface area contributed by atoms with Crippen LogP contribution in [0.4, 0.5) is 0 Å². The number of rotatable bonds is 7. The van der Waals surface area contributed by atoms with Crippen molar-refractivity contribution in [2.24, 2.45) is 0 Å². The molecule has 0 aliphatic rings. The van der Waals surface area contributed by atoms with Gasteiger partial charge in [-0.05, 0) is 0 Å². The van der Waals surface area contributed by atoms with Crippen LogP contribution in [0.2, 0.25) is 18.8 Å². The third-order valence-corrected chi connectivity index (χ3v) is 12.4. The van der Waals surface area contributed by atoms with Gasteiger partial charge in [-0.2, -0.15) is 0 Å². The van der Waals surface area contributed by atoms with Crippen LogP contribution < -0.4 is 0 Å². The van der Waals surface area contributed by atoms with Crippen LogP contribution in [-0.4, -0.2) is 43.9 Å². The fourth-order valence-electron chi connectivity index (χ4n) is 1.65. The van der Waals surface area contributed by atoms with Crippen LogP contribution in [0.5, 0.6) is 0 Å². The molecule has 80 valence electrons. The molecule has 0 unspecified atom stereocenters. The molecule has 0 rings (SSSR count). The van der Waals surface area contributed by atoms with E-state index in [0.717, 1.165) is 0 Å². The second-order valence-corrected chi connectivity index (χ2v) is 20.4. The van der Waals surface area contributed by atoms with Crippen molar-refractivity contribution in [3.63, 3.8) is 0 Å². The summed E-state index contributed by atoms with van der Waals surface area (Å²) in [6.07, 6.45) is 4.29. The molecule has 0 aliphatic carbocycles. The van der Waals surface area contributed by atoms with Gasteiger partial charge in [-0.15, -0.1) is 0 Å². The maximum atomic E-state index is 2.61. The zero-order valence-corrected chi connectivity index (χ0v) is 13.0. The zero-order chi connectivity index (χ0) is 10.3. The summed E-state index contributed by atoms with van der Waals surface area (Å²) in [6, 6.07) is 0. The van der Waals surface area contributed by atoms with Crippen molar-refractivity contribution in [1.29, 1.82) is 0 Å². The summed E-state index contributed by atoms with van der Waals surface area (Å²) in [5, 5.41) is 0. The van der Waals surface area contributed by atoms with Crippen LogP contribution in [-0.2, 0) is 0 Å². The summed E-state index contributed by atoms with van der Waals surface area (Å²) in [7, 11) is 4.35. The Morgan fingerprint density at radius 2 is 1.54 bits per heavy atom. The van der Waals surface area contributed by atoms with Crippen molar-refractivity contribution in [3.05, 3.63) is 0 Å². The molecule has 0 atom stereocenters. The van der Waals surface area contributed by atoms with Crippen molar-refractivity contribution in [2.45, 2.75) is 44.9 Å². The molecule has 1 nitrogen and oxygen atoms in total. The predicted octanol–water partition coefficient (Wildman–Crippen LogP) is 3.45. The summed E-state index contributed by atoms with van der Waals surface area (Å²) in [6.45, 7) is 3.59. The zero-order valence-electron chi connectivity index (χ0n) is 10.2. The normalized spacial score (nSPS) is 12.5. The number of nitrogens with zero attached hydrogens (tertiary/aromatic N) is 1. The second kappa shape index (κ2) is 7.10. The molecule has 0 saturated carbocycles. The van der Waals surface area contributed by atoms with Crippen molar-refractivity contribution in [1.82, 2.24) is 4.90 Å². The van der Waals surface area contributed by atoms with Gasteiger partial charge in [0.1, 0.15) is 0 Å². The fraction of sp³-hybridized carbons (Fsp3) is 1.00. The Balaban J connectivity index is 3.50. The molecule has 0 fully saturated rings. The van der Waals surface area contributed by atoms with Gasteiger partial charge in [0.05, 0.1) is 0 Å². The van der Waals surface area contributed by atoms with Crippen LogP contribution >= 0.6 is 0 Å². The minimum atomic E-state index is -1.52. The van der Waals surface area contributed by atoms with Crippen LogP contribution in [0.25, 0.3) is 0 Å². The van der Waals surface area contributed by atoms with Crippen LogP contribution in [0, 0.1) is 0 Å². The molecule has 2 heteroatoms. The van der Waals surface area contributed by atoms with Gasteiger partial charge in [-0.1, -0.05) is 0 Å². The first kappa shape index (κ1) is 13.8. The van der Waals surface area contributed by atoms with Gasteiger partial charge in [0.15, 0.2) is 0 Å². The van der Waals surface area contributed by atoms with Gasteiger partial charge in [0.25, 0.3) is 0 Å². The molecule has 0 bridgehead atoms. The quantitative estimate of drug-likeness (QED) is 0.650. The standard InChI is InChI=1S/C5H12N.C4H9.2CH3.Sn/c1-4-5-6(2)3;1-3-4-2;;;/h1,4-5H2,2-3H3;1,3-4H2,2H3;2*1H3;. The Bertz CT molecular complexity index is 121. The van der Waals surface area contributed by atoms with Crippen LogP contribution in [0.3, 0.4) is 0 Å². The third-order valence-electron chi connectivity index (χ3n) is 2.67. The monoisotopic (exact) mass is 293 g/mol. The number of unbranched alkanes of at least 4 members (excludes halogenated alkanes) is 1. The average molecular weight is 292 g/mol. The van der Waals surface area contributed by atoms with E-state index in [2.05, 4.69) is 35.8 Å². The summed E-state index contributed by atoms with van der Waals surface area (Å²) in [5.74, 6) is 0. The molecule has 0 N–H and O–H groups in total. The van der Waals surface area contributed by atoms with Gasteiger partial charge >= 0.3 is 88.9 Å². The third kappa shape index (κ3) is 9.07. The van der Waals surface area contributed by atoms with Gasteiger partial charge in [-0.25, -0.2) is 0 Å². The van der Waals surface area contributed by atoms with E-state index < -0.39 is 18.4 Å². The first-order valence-corrected chi connectivity index (χ1v) is 15.4. The molecule has 0 amide bonds. The van der Waals surface area contributed by atoms with E-state index in [1.54, 1.807) is 8.87 Å². The van der Waals surface area contributed by atoms with Crippen molar-refractivity contribution >= 4 is 18.4 Å². The molecule has 0 aromatic carbocycles. The van der Waals surface area contributed by atoms with E-state index >= 15 is 0 Å². The van der Waals surface area contributed by atoms with Gasteiger partial charge in [0, 0.05) is 0 Å². The van der Waals surface area contributed by atoms with Gasteiger partial charge in [-0.3, -0.25) is 0 Å². The average Bonchev–Trinajstić information content (AvgIpc) is 2.00. The molecule has 0 heterocycles. The Kier molecular flexibility index (Phi) is 7.52. The van der Waals surface area contributed by atoms with E-state index in [4.69, 9.17) is 0 Å². The predicted molar refractivity (Wildman–Crippen MR) is 65.2 cm³/mol. The van der Waals surface area contributed by atoms with E-state index in [-0.39, 0.29) is 0 Å². The van der Waals surface area contributed by atoms with Crippen LogP contribution in [0.1, 0.15) is 26.2 Å². The molecular weight excluding hydrogens is 265 g/mol. The molecule has 0 aliphatic heterocycles. The Morgan fingerprint density at radius 1 is 1.00 bits per heavy atom. The fourth-order valence-corrected chi connectivity index (χ4v) is 9.29. The first-order valence-electron chi connectivity index (χ1n) is 5.62. The molecule has 0 saturated heterocycles. The van der Waals surface area contributed by atoms with Gasteiger partial charge in [0.2, 0.25) is 0 Å². The SMILES string of the molecule is CCC[CH2][Sn]([CH3])([CH3])[CH2]CCN(C)C. The summed E-state index contributed by atoms with van der Waals surface area (Å²) in [4.78, 5) is 7.53. The molecule has 0 radical (unpaired) electrons. The summed E-state index contributed by atoms with van der Waals surface area (Å²) < 4.78 is 3.17. The second-order valence-electron chi connectivity index (χ2n) is 5.17. The van der Waals surface area contributed by atoms with E-state index in [1.807, 2.05) is 0 Å². The number of hydrogen-bond acceptors (Lipinski definition) is 1. The maximum absolute atomic E-state index is 2.61. The van der Waals surface area contributed by atoms with E-state index in [0.29, 0.717) is 0 Å². The molecule has 0 aromatic rings. The molecular formula is C11H27NSn. The van der Waals surface area contributed by atoms with E-state index in [9.17, 15) is 0 Å². The Labute approximate surface area is 88.8 Å². The number of hydrogen-bond donors (Lipinski definition) is 0. The molecule has 13 heavy (non-hydrogen) atoms. The van der Waals surface area contributed by atoms with Gasteiger partial charge < -0.3 is 0 Å². The molecule has 0 spiro atoms. The van der Waals surface area contributed by atoms with Crippen molar-refractivity contribution in [2.75, 3.05) is 20.6 Å². The molecule has 0 aromatic heterocycles. The van der Waals surface area contributed by atoms with E-state index in [1.165, 1.54) is 25.8 Å². The topological polar surface area (TPSA) is 3.24 Å². The Morgan fingerprint density at radius 3 is 2.00 bits per heavy atom. The minimum absolute atomic E-state index is 1.28. The first-order chi connectivity index (χ1) is 5.98. The van der Waals surface area contributed by atoms with Crippen molar-refractivity contribution < 1.29 is 0 Å².